The number of allylic oxidation sites excluding steroid dienone is 1. The Bertz CT molecular complexity index is 825. The van der Waals surface area contributed by atoms with Crippen LogP contribution in [0.15, 0.2) is 42.6 Å². The van der Waals surface area contributed by atoms with Gasteiger partial charge in [-0.25, -0.2) is 0 Å². The number of aromatic nitrogens is 1. The smallest absolute Gasteiger partial charge is 0.127 e. The maximum absolute atomic E-state index is 5.80. The number of hydrogen-bond acceptors (Lipinski definition) is 2. The van der Waals surface area contributed by atoms with E-state index in [1.807, 2.05) is 26.1 Å². The van der Waals surface area contributed by atoms with Crippen molar-refractivity contribution in [2.75, 3.05) is 7.11 Å². The molecule has 0 saturated carbocycles. The Balaban J connectivity index is 0.00000218. The topological polar surface area (TPSA) is 22.1 Å². The van der Waals surface area contributed by atoms with Gasteiger partial charge < -0.3 is 4.74 Å². The SMILES string of the molecule is C=Cc1cnc(C(=C(CCC)CCC)c2ccc(C)cc2OC)c(CCC)c1.CC. The van der Waals surface area contributed by atoms with Gasteiger partial charge in [0.1, 0.15) is 5.75 Å². The van der Waals surface area contributed by atoms with Gasteiger partial charge in [0.25, 0.3) is 0 Å². The largest absolute Gasteiger partial charge is 0.496 e. The second-order valence-corrected chi connectivity index (χ2v) is 7.41. The van der Waals surface area contributed by atoms with Crippen molar-refractivity contribution in [3.63, 3.8) is 0 Å². The number of methoxy groups -OCH3 is 1. The third-order valence-electron chi connectivity index (χ3n) is 5.06. The molecule has 0 fully saturated rings. The minimum absolute atomic E-state index is 0.928. The summed E-state index contributed by atoms with van der Waals surface area (Å²) in [5.41, 5.74) is 8.57. The minimum Gasteiger partial charge on any atom is -0.496 e. The molecule has 30 heavy (non-hydrogen) atoms. The maximum Gasteiger partial charge on any atom is 0.127 e. The lowest BCUT2D eigenvalue weighted by Gasteiger charge is -2.20. The second kappa shape index (κ2) is 13.8. The van der Waals surface area contributed by atoms with E-state index >= 15 is 0 Å². The first kappa shape index (κ1) is 25.7. The molecule has 0 unspecified atom stereocenters. The molecule has 2 heteroatoms. The summed E-state index contributed by atoms with van der Waals surface area (Å²) < 4.78 is 5.80. The molecule has 0 amide bonds. The summed E-state index contributed by atoms with van der Waals surface area (Å²) in [4.78, 5) is 4.94. The highest BCUT2D eigenvalue weighted by molar-refractivity contribution is 5.85. The van der Waals surface area contributed by atoms with Crippen LogP contribution in [0.1, 0.15) is 94.7 Å². The predicted octanol–water partition coefficient (Wildman–Crippen LogP) is 8.42. The lowest BCUT2D eigenvalue weighted by molar-refractivity contribution is 0.413. The van der Waals surface area contributed by atoms with Crippen molar-refractivity contribution >= 4 is 11.6 Å². The molecular weight excluding hydrogens is 366 g/mol. The van der Waals surface area contributed by atoms with Crippen molar-refractivity contribution in [1.29, 1.82) is 0 Å². The van der Waals surface area contributed by atoms with E-state index in [2.05, 4.69) is 58.5 Å². The first-order chi connectivity index (χ1) is 14.6. The van der Waals surface area contributed by atoms with Gasteiger partial charge in [-0.2, -0.15) is 0 Å². The maximum atomic E-state index is 5.80. The Morgan fingerprint density at radius 2 is 1.70 bits per heavy atom. The molecule has 0 atom stereocenters. The number of pyridine rings is 1. The summed E-state index contributed by atoms with van der Waals surface area (Å²) >= 11 is 0. The van der Waals surface area contributed by atoms with Gasteiger partial charge in [-0.3, -0.25) is 4.98 Å². The Morgan fingerprint density at radius 3 is 2.23 bits per heavy atom. The number of aryl methyl sites for hydroxylation is 2. The molecule has 0 aliphatic carbocycles. The molecule has 0 aliphatic rings. The van der Waals surface area contributed by atoms with Gasteiger partial charge in [0.2, 0.25) is 0 Å². The monoisotopic (exact) mass is 407 g/mol. The van der Waals surface area contributed by atoms with Crippen LogP contribution in [-0.2, 0) is 6.42 Å². The molecule has 1 heterocycles. The summed E-state index contributed by atoms with van der Waals surface area (Å²) in [7, 11) is 1.76. The van der Waals surface area contributed by atoms with E-state index in [1.54, 1.807) is 7.11 Å². The van der Waals surface area contributed by atoms with Gasteiger partial charge in [-0.15, -0.1) is 0 Å². The van der Waals surface area contributed by atoms with Crippen LogP contribution in [0.25, 0.3) is 11.6 Å². The lowest BCUT2D eigenvalue weighted by atomic mass is 9.87. The highest BCUT2D eigenvalue weighted by atomic mass is 16.5. The van der Waals surface area contributed by atoms with Crippen LogP contribution in [-0.4, -0.2) is 12.1 Å². The Labute approximate surface area is 185 Å². The van der Waals surface area contributed by atoms with Gasteiger partial charge in [0, 0.05) is 17.3 Å². The number of ether oxygens (including phenoxy) is 1. The fraction of sp³-hybridized carbons (Fsp3) is 0.464. The van der Waals surface area contributed by atoms with E-state index < -0.39 is 0 Å². The quantitative estimate of drug-likeness (QED) is 0.394. The van der Waals surface area contributed by atoms with Crippen LogP contribution >= 0.6 is 0 Å². The standard InChI is InChI=1S/C26H35NO.C2H6/c1-7-11-21(12-8-2)25(23-15-14-19(5)16-24(23)28-6)26-22(13-9-3)17-20(10-4)18-27-26;1-2/h10,14-18H,4,7-9,11-13H2,1-3,5-6H3;1-2H3. The van der Waals surface area contributed by atoms with Crippen LogP contribution < -0.4 is 4.74 Å². The molecule has 164 valence electrons. The summed E-state index contributed by atoms with van der Waals surface area (Å²) in [6.45, 7) is 16.8. The van der Waals surface area contributed by atoms with Crippen LogP contribution in [0.5, 0.6) is 5.75 Å². The highest BCUT2D eigenvalue weighted by Crippen LogP contribution is 2.38. The van der Waals surface area contributed by atoms with E-state index in [0.717, 1.165) is 61.1 Å². The zero-order valence-corrected chi connectivity index (χ0v) is 20.3. The van der Waals surface area contributed by atoms with Gasteiger partial charge in [-0.05, 0) is 55.0 Å². The fourth-order valence-electron chi connectivity index (χ4n) is 3.79. The molecule has 1 aromatic carbocycles. The average molecular weight is 408 g/mol. The number of benzene rings is 1. The molecule has 0 spiro atoms. The van der Waals surface area contributed by atoms with E-state index in [4.69, 9.17) is 9.72 Å². The Kier molecular flexibility index (Phi) is 11.8. The van der Waals surface area contributed by atoms with Crippen molar-refractivity contribution in [1.82, 2.24) is 4.98 Å². The molecule has 0 aliphatic heterocycles. The van der Waals surface area contributed by atoms with Crippen molar-refractivity contribution in [3.05, 3.63) is 70.6 Å². The van der Waals surface area contributed by atoms with Crippen LogP contribution in [0.2, 0.25) is 0 Å². The van der Waals surface area contributed by atoms with Crippen molar-refractivity contribution < 1.29 is 4.74 Å². The number of rotatable bonds is 10. The Hall–Kier alpha value is -2.35. The summed E-state index contributed by atoms with van der Waals surface area (Å²) in [6.07, 6.45) is 10.3. The number of nitrogens with zero attached hydrogens (tertiary/aromatic N) is 1. The normalized spacial score (nSPS) is 10.1. The molecule has 0 saturated heterocycles. The molecule has 0 radical (unpaired) electrons. The van der Waals surface area contributed by atoms with E-state index in [1.165, 1.54) is 22.3 Å². The Morgan fingerprint density at radius 1 is 1.03 bits per heavy atom. The summed E-state index contributed by atoms with van der Waals surface area (Å²) in [6, 6.07) is 8.75. The van der Waals surface area contributed by atoms with E-state index in [-0.39, 0.29) is 0 Å². The number of hydrogen-bond donors (Lipinski definition) is 0. The molecule has 0 bridgehead atoms. The molecule has 2 rings (SSSR count). The lowest BCUT2D eigenvalue weighted by Crippen LogP contribution is -2.05. The van der Waals surface area contributed by atoms with E-state index in [0.29, 0.717) is 0 Å². The zero-order chi connectivity index (χ0) is 22.5. The molecule has 0 N–H and O–H groups in total. The van der Waals surface area contributed by atoms with Gasteiger partial charge in [0.15, 0.2) is 0 Å². The van der Waals surface area contributed by atoms with Crippen molar-refractivity contribution in [2.24, 2.45) is 0 Å². The van der Waals surface area contributed by atoms with Crippen molar-refractivity contribution in [3.8, 4) is 5.75 Å². The first-order valence-electron chi connectivity index (χ1n) is 11.6. The molecule has 2 aromatic rings. The molecular formula is C28H41NO. The molecule has 2 nitrogen and oxygen atoms in total. The third kappa shape index (κ3) is 6.58. The highest BCUT2D eigenvalue weighted by Gasteiger charge is 2.20. The first-order valence-corrected chi connectivity index (χ1v) is 11.6. The predicted molar refractivity (Wildman–Crippen MR) is 133 cm³/mol. The third-order valence-corrected chi connectivity index (χ3v) is 5.06. The van der Waals surface area contributed by atoms with E-state index in [9.17, 15) is 0 Å². The van der Waals surface area contributed by atoms with Gasteiger partial charge >= 0.3 is 0 Å². The van der Waals surface area contributed by atoms with Gasteiger partial charge in [0.05, 0.1) is 12.8 Å². The summed E-state index contributed by atoms with van der Waals surface area (Å²) in [5.74, 6) is 0.928. The summed E-state index contributed by atoms with van der Waals surface area (Å²) in [5, 5.41) is 0. The fourth-order valence-corrected chi connectivity index (χ4v) is 3.79. The average Bonchev–Trinajstić information content (AvgIpc) is 2.77. The minimum atomic E-state index is 0.928. The van der Waals surface area contributed by atoms with Gasteiger partial charge in [-0.1, -0.05) is 84.2 Å². The van der Waals surface area contributed by atoms with Crippen molar-refractivity contribution in [2.45, 2.75) is 80.1 Å². The molecule has 1 aromatic heterocycles. The van der Waals surface area contributed by atoms with Crippen LogP contribution in [0.3, 0.4) is 0 Å². The second-order valence-electron chi connectivity index (χ2n) is 7.41. The zero-order valence-electron chi connectivity index (χ0n) is 20.3. The van der Waals surface area contributed by atoms with Crippen LogP contribution in [0.4, 0.5) is 0 Å². The van der Waals surface area contributed by atoms with Crippen LogP contribution in [0, 0.1) is 6.92 Å².